The molecule has 1 aliphatic carbocycles. The van der Waals surface area contributed by atoms with Crippen molar-refractivity contribution in [3.8, 4) is 11.5 Å². The summed E-state index contributed by atoms with van der Waals surface area (Å²) in [5.74, 6) is -1.23. The van der Waals surface area contributed by atoms with E-state index < -0.39 is 18.0 Å². The van der Waals surface area contributed by atoms with Crippen LogP contribution in [0.2, 0.25) is 0 Å². The van der Waals surface area contributed by atoms with Crippen LogP contribution < -0.4 is 10.1 Å². The number of carbonyl (C=O) groups is 3. The van der Waals surface area contributed by atoms with Crippen LogP contribution in [0, 0.1) is 11.8 Å². The fraction of sp³-hybridized carbons (Fsp3) is 0.550. The van der Waals surface area contributed by atoms with Crippen LogP contribution in [0.5, 0.6) is 11.5 Å². The third kappa shape index (κ3) is 6.14. The van der Waals surface area contributed by atoms with Crippen LogP contribution in [-0.2, 0) is 9.53 Å². The van der Waals surface area contributed by atoms with Gasteiger partial charge < -0.3 is 25.0 Å². The second kappa shape index (κ2) is 9.43. The zero-order valence-corrected chi connectivity index (χ0v) is 16.4. The summed E-state index contributed by atoms with van der Waals surface area (Å²) < 4.78 is 9.62. The van der Waals surface area contributed by atoms with Crippen LogP contribution in [0.1, 0.15) is 61.4 Å². The average molecular weight is 393 g/mol. The molecular formula is C20H27NO7. The number of carboxylic acid groups (broad SMARTS) is 1. The predicted octanol–water partition coefficient (Wildman–Crippen LogP) is 3.28. The average Bonchev–Trinajstić information content (AvgIpc) is 3.42. The lowest BCUT2D eigenvalue weighted by Crippen LogP contribution is -2.31. The molecule has 1 amide bonds. The van der Waals surface area contributed by atoms with E-state index in [2.05, 4.69) is 10.1 Å². The first kappa shape index (κ1) is 21.5. The summed E-state index contributed by atoms with van der Waals surface area (Å²) in [5, 5.41) is 22.1. The lowest BCUT2D eigenvalue weighted by atomic mass is 9.94. The van der Waals surface area contributed by atoms with Crippen LogP contribution in [-0.4, -0.2) is 41.9 Å². The second-order valence-corrected chi connectivity index (χ2v) is 7.54. The number of benzene rings is 1. The van der Waals surface area contributed by atoms with Crippen LogP contribution in [0.15, 0.2) is 12.1 Å². The summed E-state index contributed by atoms with van der Waals surface area (Å²) in [6.45, 7) is 4.17. The molecule has 0 aliphatic heterocycles. The van der Waals surface area contributed by atoms with Crippen molar-refractivity contribution in [2.45, 2.75) is 45.4 Å². The van der Waals surface area contributed by atoms with Crippen molar-refractivity contribution in [3.63, 3.8) is 0 Å². The van der Waals surface area contributed by atoms with Crippen LogP contribution in [0.25, 0.3) is 0 Å². The molecule has 154 valence electrons. The van der Waals surface area contributed by atoms with Gasteiger partial charge in [-0.1, -0.05) is 13.8 Å². The van der Waals surface area contributed by atoms with E-state index in [0.29, 0.717) is 17.9 Å². The van der Waals surface area contributed by atoms with Gasteiger partial charge in [0.25, 0.3) is 5.91 Å². The maximum absolute atomic E-state index is 12.5. The fourth-order valence-corrected chi connectivity index (χ4v) is 3.23. The van der Waals surface area contributed by atoms with E-state index in [1.165, 1.54) is 19.2 Å². The first-order valence-electron chi connectivity index (χ1n) is 9.33. The Morgan fingerprint density at radius 1 is 1.25 bits per heavy atom. The minimum absolute atomic E-state index is 0.0406. The summed E-state index contributed by atoms with van der Waals surface area (Å²) >= 11 is 0. The van der Waals surface area contributed by atoms with Gasteiger partial charge in [0.2, 0.25) is 0 Å². The zero-order chi connectivity index (χ0) is 20.8. The number of aromatic hydroxyl groups is 1. The molecule has 0 radical (unpaired) electrons. The Morgan fingerprint density at radius 3 is 2.46 bits per heavy atom. The Bertz CT molecular complexity index is 740. The third-order valence-corrected chi connectivity index (χ3v) is 4.55. The highest BCUT2D eigenvalue weighted by Crippen LogP contribution is 2.49. The maximum atomic E-state index is 12.5. The number of phenolic OH excluding ortho intramolecular Hbond substituents is 1. The van der Waals surface area contributed by atoms with Crippen molar-refractivity contribution in [1.29, 1.82) is 0 Å². The third-order valence-electron chi connectivity index (χ3n) is 4.55. The van der Waals surface area contributed by atoms with Gasteiger partial charge in [-0.2, -0.15) is 0 Å². The summed E-state index contributed by atoms with van der Waals surface area (Å²) in [5.41, 5.74) is 0.616. The van der Waals surface area contributed by atoms with Gasteiger partial charge in [0.05, 0.1) is 7.11 Å². The van der Waals surface area contributed by atoms with E-state index in [-0.39, 0.29) is 41.9 Å². The molecule has 0 saturated heterocycles. The molecule has 8 nitrogen and oxygen atoms in total. The van der Waals surface area contributed by atoms with Gasteiger partial charge in [-0.15, -0.1) is 0 Å². The van der Waals surface area contributed by atoms with Gasteiger partial charge >= 0.3 is 12.1 Å². The highest BCUT2D eigenvalue weighted by Gasteiger charge is 2.32. The van der Waals surface area contributed by atoms with Crippen molar-refractivity contribution < 1.29 is 34.1 Å². The normalized spacial score (nSPS) is 14.4. The molecule has 1 aromatic carbocycles. The highest BCUT2D eigenvalue weighted by molar-refractivity contribution is 5.95. The Balaban J connectivity index is 2.15. The monoisotopic (exact) mass is 393 g/mol. The van der Waals surface area contributed by atoms with Gasteiger partial charge in [0.1, 0.15) is 11.5 Å². The van der Waals surface area contributed by atoms with Crippen molar-refractivity contribution in [1.82, 2.24) is 5.32 Å². The minimum Gasteiger partial charge on any atom is -0.507 e. The minimum atomic E-state index is -0.933. The molecule has 0 spiro atoms. The Kier molecular flexibility index (Phi) is 7.25. The van der Waals surface area contributed by atoms with Crippen molar-refractivity contribution in [2.75, 3.05) is 13.7 Å². The molecule has 1 aromatic rings. The Hall–Kier alpha value is -2.77. The second-order valence-electron chi connectivity index (χ2n) is 7.54. The molecule has 1 aliphatic rings. The zero-order valence-electron chi connectivity index (χ0n) is 16.4. The van der Waals surface area contributed by atoms with E-state index in [4.69, 9.17) is 9.84 Å². The Morgan fingerprint density at radius 2 is 1.93 bits per heavy atom. The van der Waals surface area contributed by atoms with E-state index in [0.717, 1.165) is 12.8 Å². The number of methoxy groups -OCH3 is 1. The quantitative estimate of drug-likeness (QED) is 0.435. The maximum Gasteiger partial charge on any atom is 0.513 e. The lowest BCUT2D eigenvalue weighted by molar-refractivity contribution is -0.138. The number of carboxylic acids is 1. The largest absolute Gasteiger partial charge is 0.513 e. The van der Waals surface area contributed by atoms with Gasteiger partial charge in [0.15, 0.2) is 0 Å². The number of phenols is 1. The molecule has 1 saturated carbocycles. The molecular weight excluding hydrogens is 366 g/mol. The number of nitrogens with one attached hydrogen (secondary N) is 1. The van der Waals surface area contributed by atoms with E-state index >= 15 is 0 Å². The number of aliphatic carboxylic acids is 1. The van der Waals surface area contributed by atoms with Crippen molar-refractivity contribution in [3.05, 3.63) is 23.3 Å². The van der Waals surface area contributed by atoms with Gasteiger partial charge in [-0.05, 0) is 49.1 Å². The summed E-state index contributed by atoms with van der Waals surface area (Å²) in [6, 6.07) is 2.73. The molecule has 0 heterocycles. The molecule has 1 fully saturated rings. The van der Waals surface area contributed by atoms with E-state index in [1.807, 2.05) is 13.8 Å². The molecule has 0 aromatic heterocycles. The van der Waals surface area contributed by atoms with Crippen molar-refractivity contribution in [2.24, 2.45) is 11.8 Å². The number of ether oxygens (including phenoxy) is 2. The van der Waals surface area contributed by atoms with E-state index in [9.17, 15) is 19.5 Å². The first-order valence-corrected chi connectivity index (χ1v) is 9.33. The molecule has 0 unspecified atom stereocenters. The molecule has 8 heteroatoms. The van der Waals surface area contributed by atoms with E-state index in [1.54, 1.807) is 0 Å². The summed E-state index contributed by atoms with van der Waals surface area (Å²) in [7, 11) is 1.17. The predicted molar refractivity (Wildman–Crippen MR) is 101 cm³/mol. The van der Waals surface area contributed by atoms with Gasteiger partial charge in [-0.25, -0.2) is 4.79 Å². The number of amides is 1. The van der Waals surface area contributed by atoms with Crippen molar-refractivity contribution >= 4 is 18.0 Å². The number of rotatable bonds is 9. The standard InChI is InChI=1S/C20H27NO7/c1-11(2)6-12(7-17(23)24)10-21-19(25)14-8-15(22)18(13-4-5-13)16(9-14)28-20(26)27-3/h8-9,11-13,22H,4-7,10H2,1-3H3,(H,21,25)(H,23,24)/t12-/m0/s1. The number of hydrogen-bond donors (Lipinski definition) is 3. The molecule has 1 atom stereocenters. The lowest BCUT2D eigenvalue weighted by Gasteiger charge is -2.18. The van der Waals surface area contributed by atoms with Gasteiger partial charge in [-0.3, -0.25) is 9.59 Å². The highest BCUT2D eigenvalue weighted by atomic mass is 16.7. The van der Waals surface area contributed by atoms with Gasteiger partial charge in [0, 0.05) is 24.1 Å². The van der Waals surface area contributed by atoms with Crippen LogP contribution in [0.3, 0.4) is 0 Å². The molecule has 0 bridgehead atoms. The SMILES string of the molecule is COC(=O)Oc1cc(C(=O)NC[C@H](CC(=O)O)CC(C)C)cc(O)c1C1CC1. The first-order chi connectivity index (χ1) is 13.2. The summed E-state index contributed by atoms with van der Waals surface area (Å²) in [4.78, 5) is 35.1. The Labute approximate surface area is 163 Å². The number of carbonyl (C=O) groups excluding carboxylic acids is 2. The molecule has 3 N–H and O–H groups in total. The smallest absolute Gasteiger partial charge is 0.507 e. The number of hydrogen-bond acceptors (Lipinski definition) is 6. The topological polar surface area (TPSA) is 122 Å². The fourth-order valence-electron chi connectivity index (χ4n) is 3.23. The summed E-state index contributed by atoms with van der Waals surface area (Å²) in [6.07, 6.45) is 1.42. The molecule has 28 heavy (non-hydrogen) atoms. The van der Waals surface area contributed by atoms with Crippen LogP contribution in [0.4, 0.5) is 4.79 Å². The molecule has 2 rings (SSSR count). The van der Waals surface area contributed by atoms with Crippen LogP contribution >= 0.6 is 0 Å².